The Morgan fingerprint density at radius 2 is 1.54 bits per heavy atom. The van der Waals surface area contributed by atoms with Gasteiger partial charge >= 0.3 is 0 Å². The Balaban J connectivity index is 2.52. The first kappa shape index (κ1) is 8.63. The van der Waals surface area contributed by atoms with Crippen LogP contribution in [-0.4, -0.2) is 9.97 Å². The number of hydrogen-bond acceptors (Lipinski definition) is 3. The molecular formula is C10H15N3. The molecule has 70 valence electrons. The quantitative estimate of drug-likeness (QED) is 0.704. The van der Waals surface area contributed by atoms with Gasteiger partial charge in [0.25, 0.3) is 0 Å². The summed E-state index contributed by atoms with van der Waals surface area (Å²) in [6.07, 6.45) is 2.09. The van der Waals surface area contributed by atoms with E-state index in [2.05, 4.69) is 9.97 Å². The number of aryl methyl sites for hydroxylation is 3. The molecule has 2 N–H and O–H groups in total. The lowest BCUT2D eigenvalue weighted by Crippen LogP contribution is -2.23. The van der Waals surface area contributed by atoms with Gasteiger partial charge in [0.05, 0.1) is 28.3 Å². The average Bonchev–Trinajstić information content (AvgIpc) is 2.77. The maximum atomic E-state index is 6.09. The molecule has 1 aliphatic carbocycles. The van der Waals surface area contributed by atoms with Crippen LogP contribution in [0.2, 0.25) is 0 Å². The van der Waals surface area contributed by atoms with Crippen molar-refractivity contribution in [3.63, 3.8) is 0 Å². The molecule has 1 heterocycles. The van der Waals surface area contributed by atoms with Crippen molar-refractivity contribution in [1.82, 2.24) is 9.97 Å². The summed E-state index contributed by atoms with van der Waals surface area (Å²) in [5, 5.41) is 0. The molecule has 0 saturated heterocycles. The molecule has 0 spiro atoms. The minimum Gasteiger partial charge on any atom is -0.320 e. The third-order valence-corrected chi connectivity index (χ3v) is 2.74. The lowest BCUT2D eigenvalue weighted by atomic mass is 10.1. The van der Waals surface area contributed by atoms with Crippen LogP contribution < -0.4 is 5.73 Å². The molecule has 1 fully saturated rings. The Labute approximate surface area is 78.4 Å². The van der Waals surface area contributed by atoms with Crippen molar-refractivity contribution in [3.8, 4) is 0 Å². The third-order valence-electron chi connectivity index (χ3n) is 2.74. The van der Waals surface area contributed by atoms with E-state index in [9.17, 15) is 0 Å². The highest BCUT2D eigenvalue weighted by Crippen LogP contribution is 2.42. The van der Waals surface area contributed by atoms with Crippen LogP contribution in [0.4, 0.5) is 0 Å². The fourth-order valence-corrected chi connectivity index (χ4v) is 1.56. The standard InChI is InChI=1S/C10H15N3/c1-6-7(2)13-9(8(3)12-6)10(11)4-5-10/h4-5,11H2,1-3H3. The van der Waals surface area contributed by atoms with Crippen LogP contribution >= 0.6 is 0 Å². The van der Waals surface area contributed by atoms with E-state index in [4.69, 9.17) is 5.73 Å². The van der Waals surface area contributed by atoms with Crippen LogP contribution in [0.25, 0.3) is 0 Å². The van der Waals surface area contributed by atoms with Gasteiger partial charge in [0.1, 0.15) is 0 Å². The van der Waals surface area contributed by atoms with Crippen LogP contribution in [0.1, 0.15) is 35.6 Å². The van der Waals surface area contributed by atoms with E-state index in [0.717, 1.165) is 35.6 Å². The molecule has 2 rings (SSSR count). The van der Waals surface area contributed by atoms with E-state index in [1.165, 1.54) is 0 Å². The van der Waals surface area contributed by atoms with Crippen LogP contribution in [-0.2, 0) is 5.54 Å². The van der Waals surface area contributed by atoms with E-state index < -0.39 is 0 Å². The Kier molecular flexibility index (Phi) is 1.67. The minimum atomic E-state index is -0.157. The van der Waals surface area contributed by atoms with Gasteiger partial charge in [-0.2, -0.15) is 0 Å². The second-order valence-electron chi connectivity index (χ2n) is 3.98. The van der Waals surface area contributed by atoms with E-state index in [-0.39, 0.29) is 5.54 Å². The molecule has 0 amide bonds. The predicted octanol–water partition coefficient (Wildman–Crippen LogP) is 1.35. The van der Waals surface area contributed by atoms with Crippen molar-refractivity contribution in [2.75, 3.05) is 0 Å². The third kappa shape index (κ3) is 1.33. The lowest BCUT2D eigenvalue weighted by molar-refractivity contribution is 0.682. The molecule has 3 nitrogen and oxygen atoms in total. The van der Waals surface area contributed by atoms with Crippen LogP contribution in [0.3, 0.4) is 0 Å². The predicted molar refractivity (Wildman–Crippen MR) is 51.3 cm³/mol. The van der Waals surface area contributed by atoms with Crippen molar-refractivity contribution in [3.05, 3.63) is 22.8 Å². The van der Waals surface area contributed by atoms with Crippen LogP contribution in [0, 0.1) is 20.8 Å². The van der Waals surface area contributed by atoms with Gasteiger partial charge in [-0.1, -0.05) is 0 Å². The van der Waals surface area contributed by atoms with Gasteiger partial charge in [0.2, 0.25) is 0 Å². The maximum absolute atomic E-state index is 6.09. The van der Waals surface area contributed by atoms with Gasteiger partial charge in [0.15, 0.2) is 0 Å². The van der Waals surface area contributed by atoms with E-state index in [0.29, 0.717) is 0 Å². The Hall–Kier alpha value is -0.960. The highest BCUT2D eigenvalue weighted by Gasteiger charge is 2.43. The molecule has 0 atom stereocenters. The molecule has 0 aliphatic heterocycles. The molecule has 0 unspecified atom stereocenters. The summed E-state index contributed by atoms with van der Waals surface area (Å²) >= 11 is 0. The Morgan fingerprint density at radius 3 is 2.08 bits per heavy atom. The normalized spacial score (nSPS) is 18.8. The summed E-state index contributed by atoms with van der Waals surface area (Å²) in [7, 11) is 0. The Morgan fingerprint density at radius 1 is 1.00 bits per heavy atom. The zero-order valence-corrected chi connectivity index (χ0v) is 8.39. The molecule has 3 heteroatoms. The second-order valence-corrected chi connectivity index (χ2v) is 3.98. The molecule has 1 aliphatic rings. The fourth-order valence-electron chi connectivity index (χ4n) is 1.56. The molecular weight excluding hydrogens is 162 g/mol. The number of nitrogens with zero attached hydrogens (tertiary/aromatic N) is 2. The lowest BCUT2D eigenvalue weighted by Gasteiger charge is -2.12. The van der Waals surface area contributed by atoms with Crippen molar-refractivity contribution < 1.29 is 0 Å². The van der Waals surface area contributed by atoms with Gasteiger partial charge in [-0.25, -0.2) is 0 Å². The summed E-state index contributed by atoms with van der Waals surface area (Å²) in [4.78, 5) is 8.96. The summed E-state index contributed by atoms with van der Waals surface area (Å²) < 4.78 is 0. The number of nitrogens with two attached hydrogens (primary N) is 1. The molecule has 0 bridgehead atoms. The monoisotopic (exact) mass is 177 g/mol. The summed E-state index contributed by atoms with van der Waals surface area (Å²) in [6, 6.07) is 0. The molecule has 1 saturated carbocycles. The molecule has 0 aromatic carbocycles. The number of aromatic nitrogens is 2. The van der Waals surface area contributed by atoms with Crippen molar-refractivity contribution in [1.29, 1.82) is 0 Å². The zero-order chi connectivity index (χ0) is 9.64. The summed E-state index contributed by atoms with van der Waals surface area (Å²) in [5.41, 5.74) is 9.92. The van der Waals surface area contributed by atoms with Crippen molar-refractivity contribution in [2.24, 2.45) is 5.73 Å². The zero-order valence-electron chi connectivity index (χ0n) is 8.39. The van der Waals surface area contributed by atoms with Crippen molar-refractivity contribution >= 4 is 0 Å². The minimum absolute atomic E-state index is 0.157. The second kappa shape index (κ2) is 2.51. The summed E-state index contributed by atoms with van der Waals surface area (Å²) in [6.45, 7) is 5.95. The van der Waals surface area contributed by atoms with E-state index in [1.54, 1.807) is 0 Å². The molecule has 1 aromatic heterocycles. The molecule has 0 radical (unpaired) electrons. The smallest absolute Gasteiger partial charge is 0.0817 e. The van der Waals surface area contributed by atoms with Gasteiger partial charge in [-0.3, -0.25) is 9.97 Å². The van der Waals surface area contributed by atoms with Crippen molar-refractivity contribution in [2.45, 2.75) is 39.2 Å². The van der Waals surface area contributed by atoms with Crippen LogP contribution in [0.5, 0.6) is 0 Å². The van der Waals surface area contributed by atoms with Gasteiger partial charge in [0, 0.05) is 0 Å². The maximum Gasteiger partial charge on any atom is 0.0817 e. The number of rotatable bonds is 1. The average molecular weight is 177 g/mol. The van der Waals surface area contributed by atoms with E-state index >= 15 is 0 Å². The topological polar surface area (TPSA) is 51.8 Å². The highest BCUT2D eigenvalue weighted by molar-refractivity contribution is 5.28. The van der Waals surface area contributed by atoms with Crippen LogP contribution in [0.15, 0.2) is 0 Å². The highest BCUT2D eigenvalue weighted by atomic mass is 14.9. The van der Waals surface area contributed by atoms with Gasteiger partial charge in [-0.05, 0) is 33.6 Å². The first-order chi connectivity index (χ1) is 6.03. The van der Waals surface area contributed by atoms with Gasteiger partial charge < -0.3 is 5.73 Å². The molecule has 13 heavy (non-hydrogen) atoms. The Bertz CT molecular complexity index is 353. The first-order valence-corrected chi connectivity index (χ1v) is 4.64. The molecule has 1 aromatic rings. The van der Waals surface area contributed by atoms with Gasteiger partial charge in [-0.15, -0.1) is 0 Å². The van der Waals surface area contributed by atoms with E-state index in [1.807, 2.05) is 20.8 Å². The SMILES string of the molecule is Cc1nc(C)c(C2(N)CC2)nc1C. The largest absolute Gasteiger partial charge is 0.320 e. The number of hydrogen-bond donors (Lipinski definition) is 1. The summed E-state index contributed by atoms with van der Waals surface area (Å²) in [5.74, 6) is 0. The fraction of sp³-hybridized carbons (Fsp3) is 0.600. The first-order valence-electron chi connectivity index (χ1n) is 4.64.